The Kier molecular flexibility index (Phi) is 4.56. The molecule has 0 aromatic heterocycles. The third-order valence-corrected chi connectivity index (χ3v) is 2.90. The molecule has 5 nitrogen and oxygen atoms in total. The first-order valence-corrected chi connectivity index (χ1v) is 6.22. The lowest BCUT2D eigenvalue weighted by Gasteiger charge is -2.05. The Morgan fingerprint density at radius 2 is 1.67 bits per heavy atom. The van der Waals surface area contributed by atoms with Gasteiger partial charge in [0, 0.05) is 11.8 Å². The van der Waals surface area contributed by atoms with Crippen LogP contribution < -0.4 is 9.47 Å². The van der Waals surface area contributed by atoms with E-state index < -0.39 is 0 Å². The van der Waals surface area contributed by atoms with Crippen molar-refractivity contribution in [3.05, 3.63) is 47.5 Å². The molecule has 0 spiro atoms. The Morgan fingerprint density at radius 3 is 2.33 bits per heavy atom. The van der Waals surface area contributed by atoms with Crippen LogP contribution in [0, 0.1) is 0 Å². The third-order valence-electron chi connectivity index (χ3n) is 2.90. The number of ether oxygens (including phenoxy) is 2. The minimum absolute atomic E-state index is 0.0718. The number of aromatic hydroxyl groups is 1. The fraction of sp³-hybridized carbons (Fsp3) is 0.125. The molecule has 0 fully saturated rings. The van der Waals surface area contributed by atoms with Gasteiger partial charge in [0.1, 0.15) is 17.7 Å². The van der Waals surface area contributed by atoms with Gasteiger partial charge in [-0.05, 0) is 42.0 Å². The maximum absolute atomic E-state index is 10.7. The van der Waals surface area contributed by atoms with E-state index in [2.05, 4.69) is 4.99 Å². The monoisotopic (exact) mass is 285 g/mol. The molecule has 21 heavy (non-hydrogen) atoms. The molecular weight excluding hydrogens is 270 g/mol. The van der Waals surface area contributed by atoms with Gasteiger partial charge in [0.2, 0.25) is 0 Å². The van der Waals surface area contributed by atoms with Crippen LogP contribution in [0.3, 0.4) is 0 Å². The van der Waals surface area contributed by atoms with Crippen molar-refractivity contribution in [3.63, 3.8) is 0 Å². The van der Waals surface area contributed by atoms with Crippen molar-refractivity contribution >= 4 is 18.2 Å². The summed E-state index contributed by atoms with van der Waals surface area (Å²) in [5.41, 5.74) is 1.90. The molecule has 1 N–H and O–H groups in total. The van der Waals surface area contributed by atoms with Gasteiger partial charge in [0.25, 0.3) is 0 Å². The van der Waals surface area contributed by atoms with E-state index in [0.717, 1.165) is 11.8 Å². The third kappa shape index (κ3) is 3.39. The molecule has 0 radical (unpaired) electrons. The van der Waals surface area contributed by atoms with Crippen LogP contribution in [0.4, 0.5) is 5.69 Å². The van der Waals surface area contributed by atoms with Gasteiger partial charge in [-0.25, -0.2) is 0 Å². The van der Waals surface area contributed by atoms with Crippen molar-refractivity contribution in [3.8, 4) is 17.2 Å². The summed E-state index contributed by atoms with van der Waals surface area (Å²) < 4.78 is 10.2. The quantitative estimate of drug-likeness (QED) is 0.677. The lowest BCUT2D eigenvalue weighted by Crippen LogP contribution is -1.89. The summed E-state index contributed by atoms with van der Waals surface area (Å²) in [6.07, 6.45) is 2.38. The zero-order chi connectivity index (χ0) is 15.2. The predicted octanol–water partition coefficient (Wildman–Crippen LogP) is 2.97. The molecule has 0 saturated heterocycles. The summed E-state index contributed by atoms with van der Waals surface area (Å²) in [4.78, 5) is 15.1. The van der Waals surface area contributed by atoms with Gasteiger partial charge < -0.3 is 14.6 Å². The highest BCUT2D eigenvalue weighted by atomic mass is 16.5. The zero-order valence-corrected chi connectivity index (χ0v) is 11.7. The number of carbonyl (C=O) groups is 1. The molecule has 2 aromatic rings. The lowest BCUT2D eigenvalue weighted by molar-refractivity contribution is 0.112. The summed E-state index contributed by atoms with van der Waals surface area (Å²) in [5, 5.41) is 9.54. The van der Waals surface area contributed by atoms with Gasteiger partial charge >= 0.3 is 0 Å². The smallest absolute Gasteiger partial charge is 0.161 e. The van der Waals surface area contributed by atoms with Crippen molar-refractivity contribution in [1.29, 1.82) is 0 Å². The molecule has 0 atom stereocenters. The zero-order valence-electron chi connectivity index (χ0n) is 11.7. The van der Waals surface area contributed by atoms with E-state index in [1.165, 1.54) is 20.3 Å². The number of phenolic OH excluding ortho intramolecular Hbond substituents is 1. The Labute approximate surface area is 122 Å². The second-order valence-electron chi connectivity index (χ2n) is 4.24. The Bertz CT molecular complexity index is 680. The van der Waals surface area contributed by atoms with Crippen molar-refractivity contribution in [2.45, 2.75) is 0 Å². The van der Waals surface area contributed by atoms with E-state index in [4.69, 9.17) is 9.47 Å². The first kappa shape index (κ1) is 14.6. The van der Waals surface area contributed by atoms with Crippen LogP contribution in [-0.2, 0) is 0 Å². The van der Waals surface area contributed by atoms with Crippen molar-refractivity contribution in [2.75, 3.05) is 14.2 Å². The van der Waals surface area contributed by atoms with Gasteiger partial charge in [-0.1, -0.05) is 0 Å². The molecule has 0 aliphatic heterocycles. The number of carbonyl (C=O) groups excluding carboxylic acids is 1. The van der Waals surface area contributed by atoms with Crippen LogP contribution in [-0.4, -0.2) is 31.8 Å². The van der Waals surface area contributed by atoms with Crippen LogP contribution >= 0.6 is 0 Å². The molecule has 0 amide bonds. The number of aliphatic imine (C=N–C) groups is 1. The van der Waals surface area contributed by atoms with Gasteiger partial charge in [0.15, 0.2) is 11.5 Å². The first-order chi connectivity index (χ1) is 10.2. The van der Waals surface area contributed by atoms with Crippen LogP contribution in [0.1, 0.15) is 15.9 Å². The Hall–Kier alpha value is -2.82. The van der Waals surface area contributed by atoms with E-state index in [1.54, 1.807) is 36.5 Å². The van der Waals surface area contributed by atoms with Crippen molar-refractivity contribution < 1.29 is 19.4 Å². The largest absolute Gasteiger partial charge is 0.504 e. The predicted molar refractivity (Wildman–Crippen MR) is 80.3 cm³/mol. The highest BCUT2D eigenvalue weighted by Gasteiger charge is 2.04. The van der Waals surface area contributed by atoms with Gasteiger partial charge in [-0.3, -0.25) is 9.79 Å². The van der Waals surface area contributed by atoms with E-state index in [-0.39, 0.29) is 5.75 Å². The van der Waals surface area contributed by atoms with E-state index in [9.17, 15) is 9.90 Å². The van der Waals surface area contributed by atoms with E-state index >= 15 is 0 Å². The van der Waals surface area contributed by atoms with Crippen LogP contribution in [0.25, 0.3) is 0 Å². The highest BCUT2D eigenvalue weighted by Crippen LogP contribution is 2.29. The number of methoxy groups -OCH3 is 2. The van der Waals surface area contributed by atoms with Gasteiger partial charge in [-0.15, -0.1) is 0 Å². The molecule has 0 saturated carbocycles. The highest BCUT2D eigenvalue weighted by molar-refractivity contribution is 5.84. The van der Waals surface area contributed by atoms with Crippen LogP contribution in [0.2, 0.25) is 0 Å². The number of phenols is 1. The summed E-state index contributed by atoms with van der Waals surface area (Å²) in [6, 6.07) is 9.92. The molecule has 2 rings (SSSR count). The summed E-state index contributed by atoms with van der Waals surface area (Å²) in [6.45, 7) is 0. The van der Waals surface area contributed by atoms with Crippen LogP contribution in [0.5, 0.6) is 17.2 Å². The second-order valence-corrected chi connectivity index (χ2v) is 4.24. The fourth-order valence-corrected chi connectivity index (χ4v) is 1.79. The topological polar surface area (TPSA) is 68.1 Å². The minimum Gasteiger partial charge on any atom is -0.504 e. The van der Waals surface area contributed by atoms with Crippen molar-refractivity contribution in [2.24, 2.45) is 4.99 Å². The SMILES string of the molecule is COc1cc(C=Nc2ccc(C=O)cc2OC)ccc1O. The van der Waals surface area contributed by atoms with Crippen LogP contribution in [0.15, 0.2) is 41.4 Å². The summed E-state index contributed by atoms with van der Waals surface area (Å²) in [5.74, 6) is 0.964. The summed E-state index contributed by atoms with van der Waals surface area (Å²) in [7, 11) is 3.00. The van der Waals surface area contributed by atoms with E-state index in [1.807, 2.05) is 0 Å². The number of nitrogens with zero attached hydrogens (tertiary/aromatic N) is 1. The first-order valence-electron chi connectivity index (χ1n) is 6.22. The average molecular weight is 285 g/mol. The maximum atomic E-state index is 10.7. The number of aldehydes is 1. The fourth-order valence-electron chi connectivity index (χ4n) is 1.79. The maximum Gasteiger partial charge on any atom is 0.161 e. The van der Waals surface area contributed by atoms with Gasteiger partial charge in [0.05, 0.1) is 14.2 Å². The van der Waals surface area contributed by atoms with Gasteiger partial charge in [-0.2, -0.15) is 0 Å². The molecule has 0 bridgehead atoms. The molecule has 0 unspecified atom stereocenters. The molecule has 2 aromatic carbocycles. The molecule has 0 aliphatic carbocycles. The average Bonchev–Trinajstić information content (AvgIpc) is 2.53. The molecule has 108 valence electrons. The normalized spacial score (nSPS) is 10.6. The molecule has 0 heterocycles. The number of rotatable bonds is 5. The summed E-state index contributed by atoms with van der Waals surface area (Å²) >= 11 is 0. The number of benzene rings is 2. The lowest BCUT2D eigenvalue weighted by atomic mass is 10.2. The molecular formula is C16H15NO4. The number of hydrogen-bond acceptors (Lipinski definition) is 5. The molecule has 5 heteroatoms. The second kappa shape index (κ2) is 6.56. The Morgan fingerprint density at radius 1 is 1.00 bits per heavy atom. The Balaban J connectivity index is 2.30. The van der Waals surface area contributed by atoms with E-state index in [0.29, 0.717) is 22.7 Å². The van der Waals surface area contributed by atoms with Crippen molar-refractivity contribution in [1.82, 2.24) is 0 Å². The standard InChI is InChI=1S/C16H15NO4/c1-20-15-8-12(10-18)3-5-13(15)17-9-11-4-6-14(19)16(7-11)21-2/h3-10,19H,1-2H3. The minimum atomic E-state index is 0.0718. The molecule has 0 aliphatic rings. The number of hydrogen-bond donors (Lipinski definition) is 1.